The zero-order valence-electron chi connectivity index (χ0n) is 27.9. The Morgan fingerprint density at radius 2 is 1.06 bits per heavy atom. The Bertz CT molecular complexity index is 2890. The van der Waals surface area contributed by atoms with E-state index >= 15 is 0 Å². The van der Waals surface area contributed by atoms with Crippen LogP contribution in [0.3, 0.4) is 0 Å². The SMILES string of the molecule is Cc1c(O)c(O)c(-c2c3c(c(-c4cccc5oc6c7ccccc7ccc6c45)c4ccccc24)CCC(c2c(O)c(O)c(O)c(O)c2O)=C3)c(O)c1O. The number of furan rings is 1. The monoisotopic (exact) mass is 706 g/mol. The van der Waals surface area contributed by atoms with Crippen molar-refractivity contribution in [2.24, 2.45) is 0 Å². The Morgan fingerprint density at radius 1 is 0.472 bits per heavy atom. The second-order valence-corrected chi connectivity index (χ2v) is 13.3. The maximum absolute atomic E-state index is 11.4. The Morgan fingerprint density at radius 3 is 1.74 bits per heavy atom. The fourth-order valence-electron chi connectivity index (χ4n) is 8.02. The highest BCUT2D eigenvalue weighted by Crippen LogP contribution is 2.59. The molecule has 262 valence electrons. The molecule has 0 fully saturated rings. The molecule has 0 saturated heterocycles. The molecule has 9 N–H and O–H groups in total. The summed E-state index contributed by atoms with van der Waals surface area (Å²) in [6.45, 7) is 1.34. The average molecular weight is 707 g/mol. The summed E-state index contributed by atoms with van der Waals surface area (Å²) in [6, 6.07) is 25.1. The molecule has 0 unspecified atom stereocenters. The summed E-state index contributed by atoms with van der Waals surface area (Å²) in [7, 11) is 0. The van der Waals surface area contributed by atoms with Crippen molar-refractivity contribution in [2.75, 3.05) is 0 Å². The van der Waals surface area contributed by atoms with E-state index in [2.05, 4.69) is 0 Å². The van der Waals surface area contributed by atoms with Gasteiger partial charge in [-0.05, 0) is 82.0 Å². The first kappa shape index (κ1) is 31.8. The number of aromatic hydroxyl groups is 9. The van der Waals surface area contributed by atoms with Gasteiger partial charge >= 0.3 is 0 Å². The summed E-state index contributed by atoms with van der Waals surface area (Å²) in [5, 5.41) is 103. The van der Waals surface area contributed by atoms with E-state index in [1.54, 1.807) is 18.2 Å². The Labute approximate surface area is 299 Å². The number of fused-ring (bicyclic) bond motifs is 7. The van der Waals surface area contributed by atoms with Crippen molar-refractivity contribution in [1.29, 1.82) is 0 Å². The smallest absolute Gasteiger partial charge is 0.208 e. The first-order valence-corrected chi connectivity index (χ1v) is 16.8. The van der Waals surface area contributed by atoms with Crippen molar-refractivity contribution in [1.82, 2.24) is 0 Å². The minimum Gasteiger partial charge on any atom is -0.504 e. The number of allylic oxidation sites excluding steroid dienone is 1. The number of rotatable bonds is 3. The molecule has 0 saturated carbocycles. The highest BCUT2D eigenvalue weighted by atomic mass is 16.4. The molecule has 1 aliphatic rings. The van der Waals surface area contributed by atoms with Crippen LogP contribution in [0.5, 0.6) is 51.7 Å². The van der Waals surface area contributed by atoms with Gasteiger partial charge in [-0.25, -0.2) is 0 Å². The van der Waals surface area contributed by atoms with Crippen LogP contribution in [0, 0.1) is 6.92 Å². The Balaban J connectivity index is 1.46. The van der Waals surface area contributed by atoms with E-state index in [1.165, 1.54) is 6.92 Å². The normalized spacial score (nSPS) is 12.9. The number of benzene rings is 7. The van der Waals surface area contributed by atoms with Gasteiger partial charge in [0.05, 0.1) is 11.1 Å². The zero-order chi connectivity index (χ0) is 37.0. The lowest BCUT2D eigenvalue weighted by molar-refractivity contribution is 0.327. The number of phenolic OH excluding ortho intramolecular Hbond substituents is 9. The topological polar surface area (TPSA) is 195 Å². The van der Waals surface area contributed by atoms with Gasteiger partial charge in [0.2, 0.25) is 17.2 Å². The summed E-state index contributed by atoms with van der Waals surface area (Å²) >= 11 is 0. The van der Waals surface area contributed by atoms with E-state index in [4.69, 9.17) is 4.42 Å². The van der Waals surface area contributed by atoms with Gasteiger partial charge in [0.15, 0.2) is 34.5 Å². The summed E-state index contributed by atoms with van der Waals surface area (Å²) in [5.74, 6) is -7.53. The first-order valence-electron chi connectivity index (χ1n) is 16.8. The van der Waals surface area contributed by atoms with Crippen LogP contribution in [0.15, 0.2) is 83.3 Å². The van der Waals surface area contributed by atoms with Gasteiger partial charge in [-0.1, -0.05) is 66.7 Å². The van der Waals surface area contributed by atoms with Crippen LogP contribution < -0.4 is 0 Å². The summed E-state index contributed by atoms with van der Waals surface area (Å²) in [4.78, 5) is 0. The molecule has 10 heteroatoms. The summed E-state index contributed by atoms with van der Waals surface area (Å²) in [5.41, 5.74) is 3.82. The minimum absolute atomic E-state index is 0.134. The third-order valence-corrected chi connectivity index (χ3v) is 10.6. The fourth-order valence-corrected chi connectivity index (χ4v) is 8.02. The van der Waals surface area contributed by atoms with Gasteiger partial charge in [-0.3, -0.25) is 0 Å². The fraction of sp³-hybridized carbons (Fsp3) is 0.0698. The molecule has 0 aliphatic heterocycles. The molecule has 0 atom stereocenters. The largest absolute Gasteiger partial charge is 0.504 e. The van der Waals surface area contributed by atoms with Crippen molar-refractivity contribution >= 4 is 55.1 Å². The van der Waals surface area contributed by atoms with E-state index in [1.807, 2.05) is 66.7 Å². The molecule has 0 bridgehead atoms. The van der Waals surface area contributed by atoms with E-state index in [0.717, 1.165) is 43.8 Å². The first-order chi connectivity index (χ1) is 25.5. The predicted molar refractivity (Wildman–Crippen MR) is 202 cm³/mol. The van der Waals surface area contributed by atoms with Gasteiger partial charge in [0, 0.05) is 27.3 Å². The van der Waals surface area contributed by atoms with Crippen LogP contribution in [0.4, 0.5) is 0 Å². The molecular formula is C43H30O10. The van der Waals surface area contributed by atoms with Gasteiger partial charge in [-0.15, -0.1) is 0 Å². The van der Waals surface area contributed by atoms with Crippen LogP contribution >= 0.6 is 0 Å². The molecule has 1 heterocycles. The third-order valence-electron chi connectivity index (χ3n) is 10.6. The van der Waals surface area contributed by atoms with E-state index in [0.29, 0.717) is 21.9 Å². The highest BCUT2D eigenvalue weighted by Gasteiger charge is 2.33. The lowest BCUT2D eigenvalue weighted by Gasteiger charge is -2.27. The molecular weight excluding hydrogens is 676 g/mol. The molecule has 1 aromatic heterocycles. The Kier molecular flexibility index (Phi) is 6.68. The average Bonchev–Trinajstić information content (AvgIpc) is 3.57. The number of hydrogen-bond acceptors (Lipinski definition) is 10. The highest BCUT2D eigenvalue weighted by molar-refractivity contribution is 6.22. The van der Waals surface area contributed by atoms with Crippen LogP contribution in [-0.4, -0.2) is 46.0 Å². The van der Waals surface area contributed by atoms with Crippen LogP contribution in [0.2, 0.25) is 0 Å². The van der Waals surface area contributed by atoms with Gasteiger partial charge in [0.1, 0.15) is 11.2 Å². The summed E-state index contributed by atoms with van der Waals surface area (Å²) < 4.78 is 6.52. The number of phenols is 9. The molecule has 0 spiro atoms. The van der Waals surface area contributed by atoms with Crippen molar-refractivity contribution in [2.45, 2.75) is 19.8 Å². The standard InChI is InChI=1S/C43H30O10/c1-18-34(44)38(48)33(39(49)35(18)45)32-23-10-5-4-9-22(23)30(24-15-14-20(17-27(24)32)29-36(46)40(50)42(52)41(51)37(29)47)25-11-6-12-28-31(25)26-16-13-19-7-2-3-8-21(19)43(26)53-28/h2-13,16-17,44-52H,14-15H2,1H3. The van der Waals surface area contributed by atoms with Crippen molar-refractivity contribution in [3.05, 3.63) is 101 Å². The molecule has 9 rings (SSSR count). The molecule has 0 amide bonds. The zero-order valence-corrected chi connectivity index (χ0v) is 27.9. The van der Waals surface area contributed by atoms with E-state index in [9.17, 15) is 46.0 Å². The quantitative estimate of drug-likeness (QED) is 0.0631. The predicted octanol–water partition coefficient (Wildman–Crippen LogP) is 9.37. The Hall–Kier alpha value is -7.20. The van der Waals surface area contributed by atoms with E-state index in [-0.39, 0.29) is 40.7 Å². The van der Waals surface area contributed by atoms with Crippen molar-refractivity contribution in [3.63, 3.8) is 0 Å². The lowest BCUT2D eigenvalue weighted by atomic mass is 9.76. The second kappa shape index (κ2) is 11.1. The molecule has 10 nitrogen and oxygen atoms in total. The molecule has 1 aliphatic carbocycles. The van der Waals surface area contributed by atoms with Gasteiger partial charge < -0.3 is 50.4 Å². The molecule has 0 radical (unpaired) electrons. The maximum Gasteiger partial charge on any atom is 0.208 e. The van der Waals surface area contributed by atoms with Crippen LogP contribution in [0.1, 0.15) is 28.7 Å². The van der Waals surface area contributed by atoms with E-state index < -0.39 is 51.7 Å². The van der Waals surface area contributed by atoms with Gasteiger partial charge in [0.25, 0.3) is 0 Å². The lowest BCUT2D eigenvalue weighted by Crippen LogP contribution is -2.06. The van der Waals surface area contributed by atoms with Crippen LogP contribution in [0.25, 0.3) is 77.4 Å². The van der Waals surface area contributed by atoms with Crippen molar-refractivity contribution < 1.29 is 50.4 Å². The molecule has 53 heavy (non-hydrogen) atoms. The molecule has 7 aromatic carbocycles. The minimum atomic E-state index is -1.09. The summed E-state index contributed by atoms with van der Waals surface area (Å²) in [6.07, 6.45) is 1.97. The van der Waals surface area contributed by atoms with Crippen LogP contribution in [-0.2, 0) is 6.42 Å². The van der Waals surface area contributed by atoms with Gasteiger partial charge in [-0.2, -0.15) is 0 Å². The second-order valence-electron chi connectivity index (χ2n) is 13.3. The number of hydrogen-bond donors (Lipinski definition) is 9. The molecule has 8 aromatic rings. The van der Waals surface area contributed by atoms with Crippen molar-refractivity contribution in [3.8, 4) is 74.0 Å². The maximum atomic E-state index is 11.4. The third kappa shape index (κ3) is 4.26.